The summed E-state index contributed by atoms with van der Waals surface area (Å²) < 4.78 is 19.3. The fourth-order valence-corrected chi connectivity index (χ4v) is 4.22. The van der Waals surface area contributed by atoms with Crippen LogP contribution >= 0.6 is 0 Å². The smallest absolute Gasteiger partial charge is 0.295 e. The van der Waals surface area contributed by atoms with Gasteiger partial charge in [-0.05, 0) is 62.3 Å². The Bertz CT molecular complexity index is 1030. The molecule has 1 aliphatic rings. The predicted octanol–water partition coefficient (Wildman–Crippen LogP) is 4.77. The maximum absolute atomic E-state index is 13.6. The maximum atomic E-state index is 13.6. The highest BCUT2D eigenvalue weighted by molar-refractivity contribution is 6.46. The minimum Gasteiger partial charge on any atom is -0.507 e. The quantitative estimate of drug-likeness (QED) is 0.292. The largest absolute Gasteiger partial charge is 0.507 e. The Morgan fingerprint density at radius 1 is 1.09 bits per heavy atom. The summed E-state index contributed by atoms with van der Waals surface area (Å²) in [5.74, 6) is -1.51. The van der Waals surface area contributed by atoms with Gasteiger partial charge in [0, 0.05) is 12.1 Å². The van der Waals surface area contributed by atoms with Crippen LogP contribution in [0.25, 0.3) is 5.76 Å². The Morgan fingerprint density at radius 2 is 1.79 bits per heavy atom. The number of ether oxygens (including phenoxy) is 1. The first-order chi connectivity index (χ1) is 16.4. The highest BCUT2D eigenvalue weighted by Crippen LogP contribution is 2.39. The van der Waals surface area contributed by atoms with E-state index in [1.165, 1.54) is 17.0 Å². The molecule has 182 valence electrons. The van der Waals surface area contributed by atoms with Gasteiger partial charge in [0.2, 0.25) is 0 Å². The average molecular weight is 469 g/mol. The first kappa shape index (κ1) is 25.4. The van der Waals surface area contributed by atoms with Crippen molar-refractivity contribution >= 4 is 17.4 Å². The Kier molecular flexibility index (Phi) is 8.82. The van der Waals surface area contributed by atoms with Gasteiger partial charge in [0.25, 0.3) is 11.7 Å². The lowest BCUT2D eigenvalue weighted by molar-refractivity contribution is -0.140. The molecular formula is C27H33FN2O4. The molecule has 1 atom stereocenters. The lowest BCUT2D eigenvalue weighted by Gasteiger charge is -2.26. The van der Waals surface area contributed by atoms with Crippen molar-refractivity contribution in [3.63, 3.8) is 0 Å². The number of nitrogens with zero attached hydrogens (tertiary/aromatic N) is 2. The summed E-state index contributed by atoms with van der Waals surface area (Å²) in [5, 5.41) is 11.2. The van der Waals surface area contributed by atoms with Crippen LogP contribution in [0, 0.1) is 5.82 Å². The maximum Gasteiger partial charge on any atom is 0.295 e. The summed E-state index contributed by atoms with van der Waals surface area (Å²) >= 11 is 0. The van der Waals surface area contributed by atoms with Crippen LogP contribution in [0.15, 0.2) is 54.1 Å². The van der Waals surface area contributed by atoms with Crippen molar-refractivity contribution in [1.82, 2.24) is 9.80 Å². The first-order valence-electron chi connectivity index (χ1n) is 11.9. The van der Waals surface area contributed by atoms with Crippen LogP contribution in [0.1, 0.15) is 50.8 Å². The molecule has 2 aromatic carbocycles. The molecule has 1 saturated heterocycles. The zero-order valence-electron chi connectivity index (χ0n) is 20.1. The van der Waals surface area contributed by atoms with Gasteiger partial charge in [0.15, 0.2) is 0 Å². The molecule has 1 N–H and O–H groups in total. The fourth-order valence-electron chi connectivity index (χ4n) is 4.22. The molecule has 0 aliphatic carbocycles. The van der Waals surface area contributed by atoms with Crippen LogP contribution in [0.5, 0.6) is 5.75 Å². The van der Waals surface area contributed by atoms with Crippen LogP contribution in [0.2, 0.25) is 0 Å². The molecule has 0 radical (unpaired) electrons. The number of hydrogen-bond donors (Lipinski definition) is 1. The van der Waals surface area contributed by atoms with Crippen LogP contribution in [-0.4, -0.2) is 59.4 Å². The summed E-state index contributed by atoms with van der Waals surface area (Å²) in [6.07, 6.45) is 1.51. The molecule has 7 heteroatoms. The number of benzene rings is 2. The molecule has 1 heterocycles. The molecule has 0 saturated carbocycles. The van der Waals surface area contributed by atoms with Gasteiger partial charge in [-0.3, -0.25) is 9.59 Å². The van der Waals surface area contributed by atoms with E-state index in [2.05, 4.69) is 18.7 Å². The third-order valence-electron chi connectivity index (χ3n) is 6.07. The number of likely N-dealkylation sites (tertiary alicyclic amines) is 1. The number of carbonyl (C=O) groups is 2. The molecule has 34 heavy (non-hydrogen) atoms. The number of Topliss-reactive ketones (excluding diaryl/α,β-unsaturated/α-hetero) is 1. The number of aliphatic hydroxyl groups excluding tert-OH is 1. The van der Waals surface area contributed by atoms with Gasteiger partial charge in [0.1, 0.15) is 17.3 Å². The van der Waals surface area contributed by atoms with Crippen molar-refractivity contribution in [1.29, 1.82) is 0 Å². The molecular weight excluding hydrogens is 435 g/mol. The summed E-state index contributed by atoms with van der Waals surface area (Å²) in [5.41, 5.74) is 0.970. The second-order valence-corrected chi connectivity index (χ2v) is 8.30. The molecule has 2 aromatic rings. The Morgan fingerprint density at radius 3 is 2.44 bits per heavy atom. The first-order valence-corrected chi connectivity index (χ1v) is 11.9. The number of amides is 1. The minimum absolute atomic E-state index is 0.00656. The van der Waals surface area contributed by atoms with E-state index in [0.717, 1.165) is 26.1 Å². The molecule has 6 nitrogen and oxygen atoms in total. The normalized spacial score (nSPS) is 17.6. The lowest BCUT2D eigenvalue weighted by atomic mass is 9.95. The SMILES string of the molecule is CCCOc1cccc(/C(O)=C2\C(=O)C(=O)N(CCCN(CC)CC)C2c2ccc(F)cc2)c1. The van der Waals surface area contributed by atoms with Crippen LogP contribution in [0.3, 0.4) is 0 Å². The number of aliphatic hydroxyl groups is 1. The van der Waals surface area contributed by atoms with Gasteiger partial charge in [-0.1, -0.05) is 45.0 Å². The van der Waals surface area contributed by atoms with Crippen molar-refractivity contribution in [2.75, 3.05) is 32.8 Å². The summed E-state index contributed by atoms with van der Waals surface area (Å²) in [6, 6.07) is 11.7. The summed E-state index contributed by atoms with van der Waals surface area (Å²) in [6.45, 7) is 9.59. The van der Waals surface area contributed by atoms with E-state index >= 15 is 0 Å². The second kappa shape index (κ2) is 11.8. The van der Waals surface area contributed by atoms with Crippen molar-refractivity contribution in [3.05, 3.63) is 71.0 Å². The van der Waals surface area contributed by atoms with Gasteiger partial charge in [-0.2, -0.15) is 0 Å². The number of carbonyl (C=O) groups excluding carboxylic acids is 2. The van der Waals surface area contributed by atoms with E-state index in [1.54, 1.807) is 36.4 Å². The fraction of sp³-hybridized carbons (Fsp3) is 0.407. The topological polar surface area (TPSA) is 70.1 Å². The number of ketones is 1. The Hall–Kier alpha value is -3.19. The molecule has 0 spiro atoms. The third kappa shape index (κ3) is 5.65. The number of halogens is 1. The van der Waals surface area contributed by atoms with Gasteiger partial charge in [0.05, 0.1) is 18.2 Å². The molecule has 1 aliphatic heterocycles. The zero-order valence-corrected chi connectivity index (χ0v) is 20.1. The third-order valence-corrected chi connectivity index (χ3v) is 6.07. The van der Waals surface area contributed by atoms with Crippen LogP contribution in [-0.2, 0) is 9.59 Å². The van der Waals surface area contributed by atoms with Crippen molar-refractivity contribution in [2.45, 2.75) is 39.7 Å². The highest BCUT2D eigenvalue weighted by atomic mass is 19.1. The molecule has 0 aromatic heterocycles. The van der Waals surface area contributed by atoms with E-state index in [0.29, 0.717) is 36.4 Å². The van der Waals surface area contributed by atoms with E-state index in [-0.39, 0.29) is 11.3 Å². The summed E-state index contributed by atoms with van der Waals surface area (Å²) in [4.78, 5) is 29.9. The average Bonchev–Trinajstić information content (AvgIpc) is 3.10. The van der Waals surface area contributed by atoms with Gasteiger partial charge in [-0.25, -0.2) is 4.39 Å². The summed E-state index contributed by atoms with van der Waals surface area (Å²) in [7, 11) is 0. The molecule has 3 rings (SSSR count). The Balaban J connectivity index is 2.01. The van der Waals surface area contributed by atoms with Crippen LogP contribution < -0.4 is 4.74 Å². The van der Waals surface area contributed by atoms with E-state index < -0.39 is 23.5 Å². The van der Waals surface area contributed by atoms with Crippen molar-refractivity contribution in [2.24, 2.45) is 0 Å². The predicted molar refractivity (Wildman–Crippen MR) is 130 cm³/mol. The minimum atomic E-state index is -0.794. The second-order valence-electron chi connectivity index (χ2n) is 8.30. The Labute approximate surface area is 200 Å². The molecule has 0 bridgehead atoms. The van der Waals surface area contributed by atoms with Gasteiger partial charge >= 0.3 is 0 Å². The molecule has 1 amide bonds. The van der Waals surface area contributed by atoms with E-state index in [4.69, 9.17) is 4.74 Å². The van der Waals surface area contributed by atoms with Crippen LogP contribution in [0.4, 0.5) is 4.39 Å². The highest BCUT2D eigenvalue weighted by Gasteiger charge is 2.45. The van der Waals surface area contributed by atoms with Gasteiger partial charge < -0.3 is 19.6 Å². The number of hydrogen-bond acceptors (Lipinski definition) is 5. The van der Waals surface area contributed by atoms with Crippen molar-refractivity contribution < 1.29 is 23.8 Å². The molecule has 1 unspecified atom stereocenters. The standard InChI is InChI=1S/C27H33FN2O4/c1-4-17-34-22-10-7-9-20(18-22)25(31)23-24(19-11-13-21(28)14-12-19)30(27(33)26(23)32)16-8-15-29(5-2)6-3/h7,9-14,18,24,31H,4-6,8,15-17H2,1-3H3/b25-23+. The van der Waals surface area contributed by atoms with Gasteiger partial charge in [-0.15, -0.1) is 0 Å². The van der Waals surface area contributed by atoms with E-state index in [1.807, 2.05) is 6.92 Å². The lowest BCUT2D eigenvalue weighted by Crippen LogP contribution is -2.33. The van der Waals surface area contributed by atoms with E-state index in [9.17, 15) is 19.1 Å². The zero-order chi connectivity index (χ0) is 24.7. The monoisotopic (exact) mass is 468 g/mol. The molecule has 1 fully saturated rings. The van der Waals surface area contributed by atoms with Crippen molar-refractivity contribution in [3.8, 4) is 5.75 Å². The number of rotatable bonds is 11.